The second kappa shape index (κ2) is 6.42. The standard InChI is InChI=1S/C15H21Br2N/c1-11-5-3-4-6-15(11)18(2)13-8-7-12(10-16)14(17)9-13/h7-9,11,15H,3-6,10H2,1-2H3. The third kappa shape index (κ3) is 3.11. The van der Waals surface area contributed by atoms with Gasteiger partial charge in [0.05, 0.1) is 0 Å². The molecule has 18 heavy (non-hydrogen) atoms. The van der Waals surface area contributed by atoms with Crippen molar-refractivity contribution in [3.63, 3.8) is 0 Å². The molecule has 1 nitrogen and oxygen atoms in total. The summed E-state index contributed by atoms with van der Waals surface area (Å²) in [6.07, 6.45) is 5.48. The number of halogens is 2. The molecule has 1 aliphatic carbocycles. The molecule has 0 aliphatic heterocycles. The van der Waals surface area contributed by atoms with Crippen LogP contribution in [0.4, 0.5) is 5.69 Å². The zero-order valence-corrected chi connectivity index (χ0v) is 14.3. The Morgan fingerprint density at radius 2 is 2.00 bits per heavy atom. The Morgan fingerprint density at radius 1 is 1.28 bits per heavy atom. The molecule has 0 aromatic heterocycles. The lowest BCUT2D eigenvalue weighted by Crippen LogP contribution is -2.39. The minimum absolute atomic E-state index is 0.695. The summed E-state index contributed by atoms with van der Waals surface area (Å²) in [6, 6.07) is 7.39. The summed E-state index contributed by atoms with van der Waals surface area (Å²) in [6.45, 7) is 2.39. The summed E-state index contributed by atoms with van der Waals surface area (Å²) in [5.41, 5.74) is 2.63. The first-order valence-corrected chi connectivity index (χ1v) is 8.62. The summed E-state index contributed by atoms with van der Waals surface area (Å²) >= 11 is 7.17. The summed E-state index contributed by atoms with van der Waals surface area (Å²) in [5.74, 6) is 0.804. The molecule has 0 saturated heterocycles. The quantitative estimate of drug-likeness (QED) is 0.643. The zero-order valence-electron chi connectivity index (χ0n) is 11.1. The Hall–Kier alpha value is -0.0200. The molecule has 2 rings (SSSR count). The molecule has 1 saturated carbocycles. The normalized spacial score (nSPS) is 24.0. The van der Waals surface area contributed by atoms with Crippen molar-refractivity contribution in [1.82, 2.24) is 0 Å². The Labute approximate surface area is 127 Å². The highest BCUT2D eigenvalue weighted by molar-refractivity contribution is 9.10. The number of anilines is 1. The van der Waals surface area contributed by atoms with Crippen LogP contribution in [0.2, 0.25) is 0 Å². The third-order valence-electron chi connectivity index (χ3n) is 4.15. The van der Waals surface area contributed by atoms with Gasteiger partial charge in [-0.2, -0.15) is 0 Å². The van der Waals surface area contributed by atoms with Crippen LogP contribution in [-0.2, 0) is 5.33 Å². The monoisotopic (exact) mass is 373 g/mol. The second-order valence-electron chi connectivity index (χ2n) is 5.35. The van der Waals surface area contributed by atoms with E-state index in [9.17, 15) is 0 Å². The van der Waals surface area contributed by atoms with E-state index in [-0.39, 0.29) is 0 Å². The van der Waals surface area contributed by atoms with Gasteiger partial charge >= 0.3 is 0 Å². The van der Waals surface area contributed by atoms with Crippen LogP contribution in [0, 0.1) is 5.92 Å². The van der Waals surface area contributed by atoms with Crippen molar-refractivity contribution in [3.05, 3.63) is 28.2 Å². The van der Waals surface area contributed by atoms with E-state index in [1.54, 1.807) is 0 Å². The van der Waals surface area contributed by atoms with Gasteiger partial charge in [-0.05, 0) is 36.5 Å². The fraction of sp³-hybridized carbons (Fsp3) is 0.600. The average molecular weight is 375 g/mol. The van der Waals surface area contributed by atoms with E-state index in [2.05, 4.69) is 68.9 Å². The van der Waals surface area contributed by atoms with Crippen LogP contribution < -0.4 is 4.90 Å². The smallest absolute Gasteiger partial charge is 0.0377 e. The van der Waals surface area contributed by atoms with Gasteiger partial charge in [0, 0.05) is 28.6 Å². The van der Waals surface area contributed by atoms with Crippen LogP contribution >= 0.6 is 31.9 Å². The molecule has 0 radical (unpaired) electrons. The minimum atomic E-state index is 0.695. The number of rotatable bonds is 3. The molecule has 3 heteroatoms. The van der Waals surface area contributed by atoms with Crippen molar-refractivity contribution in [2.45, 2.75) is 44.0 Å². The molecule has 1 aromatic carbocycles. The lowest BCUT2D eigenvalue weighted by atomic mass is 9.85. The summed E-state index contributed by atoms with van der Waals surface area (Å²) < 4.78 is 1.20. The van der Waals surface area contributed by atoms with E-state index in [0.717, 1.165) is 11.2 Å². The predicted molar refractivity (Wildman–Crippen MR) is 86.6 cm³/mol. The first-order chi connectivity index (χ1) is 8.63. The molecule has 0 N–H and O–H groups in total. The van der Waals surface area contributed by atoms with Crippen LogP contribution in [0.15, 0.2) is 22.7 Å². The molecule has 0 spiro atoms. The van der Waals surface area contributed by atoms with Gasteiger partial charge in [0.15, 0.2) is 0 Å². The van der Waals surface area contributed by atoms with Crippen molar-refractivity contribution in [2.75, 3.05) is 11.9 Å². The maximum absolute atomic E-state index is 3.66. The molecule has 100 valence electrons. The van der Waals surface area contributed by atoms with Gasteiger partial charge in [-0.15, -0.1) is 0 Å². The maximum Gasteiger partial charge on any atom is 0.0377 e. The van der Waals surface area contributed by atoms with Gasteiger partial charge in [-0.3, -0.25) is 0 Å². The Kier molecular flexibility index (Phi) is 5.14. The van der Waals surface area contributed by atoms with Crippen LogP contribution in [0.3, 0.4) is 0 Å². The minimum Gasteiger partial charge on any atom is -0.371 e. The third-order valence-corrected chi connectivity index (χ3v) is 5.49. The van der Waals surface area contributed by atoms with Crippen LogP contribution in [0.1, 0.15) is 38.2 Å². The van der Waals surface area contributed by atoms with Gasteiger partial charge in [0.25, 0.3) is 0 Å². The van der Waals surface area contributed by atoms with Gasteiger partial charge < -0.3 is 4.90 Å². The van der Waals surface area contributed by atoms with E-state index in [0.29, 0.717) is 6.04 Å². The predicted octanol–water partition coefficient (Wildman–Crippen LogP) is 5.36. The lowest BCUT2D eigenvalue weighted by Gasteiger charge is -2.37. The van der Waals surface area contributed by atoms with Gasteiger partial charge in [-0.1, -0.05) is 57.7 Å². The molecular weight excluding hydrogens is 354 g/mol. The fourth-order valence-electron chi connectivity index (χ4n) is 2.93. The van der Waals surface area contributed by atoms with Crippen molar-refractivity contribution in [1.29, 1.82) is 0 Å². The van der Waals surface area contributed by atoms with Crippen molar-refractivity contribution in [3.8, 4) is 0 Å². The van der Waals surface area contributed by atoms with Crippen LogP contribution in [0.5, 0.6) is 0 Å². The molecule has 0 heterocycles. The van der Waals surface area contributed by atoms with Gasteiger partial charge in [0.2, 0.25) is 0 Å². The molecule has 1 aromatic rings. The Bertz CT molecular complexity index is 405. The van der Waals surface area contributed by atoms with Crippen molar-refractivity contribution < 1.29 is 0 Å². The van der Waals surface area contributed by atoms with E-state index in [4.69, 9.17) is 0 Å². The number of hydrogen-bond acceptors (Lipinski definition) is 1. The van der Waals surface area contributed by atoms with E-state index < -0.39 is 0 Å². The highest BCUT2D eigenvalue weighted by Gasteiger charge is 2.25. The molecule has 1 aliphatic rings. The van der Waals surface area contributed by atoms with E-state index >= 15 is 0 Å². The summed E-state index contributed by atoms with van der Waals surface area (Å²) in [7, 11) is 2.24. The maximum atomic E-state index is 3.66. The van der Waals surface area contributed by atoms with Crippen LogP contribution in [0.25, 0.3) is 0 Å². The number of alkyl halides is 1. The molecule has 1 fully saturated rings. The highest BCUT2D eigenvalue weighted by Crippen LogP contribution is 2.32. The van der Waals surface area contributed by atoms with Gasteiger partial charge in [-0.25, -0.2) is 0 Å². The Morgan fingerprint density at radius 3 is 2.61 bits per heavy atom. The first kappa shape index (κ1) is 14.4. The van der Waals surface area contributed by atoms with Crippen LogP contribution in [-0.4, -0.2) is 13.1 Å². The van der Waals surface area contributed by atoms with Gasteiger partial charge in [0.1, 0.15) is 0 Å². The first-order valence-electron chi connectivity index (χ1n) is 6.70. The summed E-state index contributed by atoms with van der Waals surface area (Å²) in [4.78, 5) is 2.46. The summed E-state index contributed by atoms with van der Waals surface area (Å²) in [5, 5.41) is 0.900. The fourth-order valence-corrected chi connectivity index (χ4v) is 4.30. The number of benzene rings is 1. The number of nitrogens with zero attached hydrogens (tertiary/aromatic N) is 1. The molecule has 2 unspecified atom stereocenters. The van der Waals surface area contributed by atoms with Crippen molar-refractivity contribution >= 4 is 37.5 Å². The topological polar surface area (TPSA) is 3.24 Å². The molecule has 0 amide bonds. The second-order valence-corrected chi connectivity index (χ2v) is 6.76. The largest absolute Gasteiger partial charge is 0.371 e. The Balaban J connectivity index is 2.17. The van der Waals surface area contributed by atoms with E-state index in [1.165, 1.54) is 41.4 Å². The number of hydrogen-bond donors (Lipinski definition) is 0. The molecule has 0 bridgehead atoms. The van der Waals surface area contributed by atoms with E-state index in [1.807, 2.05) is 0 Å². The highest BCUT2D eigenvalue weighted by atomic mass is 79.9. The average Bonchev–Trinajstić information content (AvgIpc) is 2.38. The lowest BCUT2D eigenvalue weighted by molar-refractivity contribution is 0.321. The zero-order chi connectivity index (χ0) is 13.1. The molecule has 2 atom stereocenters. The molecular formula is C15H21Br2N. The van der Waals surface area contributed by atoms with Crippen molar-refractivity contribution in [2.24, 2.45) is 5.92 Å². The SMILES string of the molecule is CC1CCCCC1N(C)c1ccc(CBr)c(Br)c1.